The van der Waals surface area contributed by atoms with Gasteiger partial charge in [0.2, 0.25) is 0 Å². The fourth-order valence-electron chi connectivity index (χ4n) is 4.19. The third kappa shape index (κ3) is 13.5. The van der Waals surface area contributed by atoms with Crippen LogP contribution in [0.15, 0.2) is 53.6 Å². The molecule has 0 bridgehead atoms. The summed E-state index contributed by atoms with van der Waals surface area (Å²) in [7, 11) is 0. The lowest BCUT2D eigenvalue weighted by Gasteiger charge is -2.12. The van der Waals surface area contributed by atoms with Crippen molar-refractivity contribution in [2.24, 2.45) is 5.92 Å². The highest BCUT2D eigenvalue weighted by Gasteiger charge is 2.14. The molecule has 204 valence electrons. The average Bonchev–Trinajstić information content (AvgIpc) is 2.92. The lowest BCUT2D eigenvalue weighted by molar-refractivity contribution is -0.136. The van der Waals surface area contributed by atoms with E-state index in [4.69, 9.17) is 14.9 Å². The maximum absolute atomic E-state index is 12.0. The maximum atomic E-state index is 12.0. The molecule has 1 N–H and O–H groups in total. The van der Waals surface area contributed by atoms with Gasteiger partial charge in [-0.1, -0.05) is 121 Å². The van der Waals surface area contributed by atoms with Crippen LogP contribution >= 0.6 is 0 Å². The highest BCUT2D eigenvalue weighted by molar-refractivity contribution is 6.35. The van der Waals surface area contributed by atoms with Gasteiger partial charge in [0.15, 0.2) is 0 Å². The predicted molar refractivity (Wildman–Crippen MR) is 156 cm³/mol. The molecule has 1 aromatic rings. The van der Waals surface area contributed by atoms with Crippen molar-refractivity contribution in [2.75, 3.05) is 13.2 Å². The van der Waals surface area contributed by atoms with Crippen molar-refractivity contribution in [3.63, 3.8) is 0 Å². The molecule has 1 aromatic carbocycles. The zero-order valence-electron chi connectivity index (χ0n) is 23.5. The maximum Gasteiger partial charge on any atom is 0.352 e. The summed E-state index contributed by atoms with van der Waals surface area (Å²) >= 11 is 0. The van der Waals surface area contributed by atoms with Crippen LogP contribution < -0.4 is 4.74 Å². The Bertz CT molecular complexity index is 895. The van der Waals surface area contributed by atoms with Crippen LogP contribution in [-0.2, 0) is 9.53 Å². The number of unbranched alkanes of at least 4 members (excludes halogenated alkanes) is 9. The summed E-state index contributed by atoms with van der Waals surface area (Å²) in [6.07, 6.45) is 23.7. The van der Waals surface area contributed by atoms with Crippen LogP contribution in [0.4, 0.5) is 0 Å². The minimum absolute atomic E-state index is 0.0139. The second-order valence-corrected chi connectivity index (χ2v) is 10.4. The molecule has 0 spiro atoms. The molecule has 0 saturated heterocycles. The Balaban J connectivity index is 1.63. The van der Waals surface area contributed by atoms with Crippen molar-refractivity contribution < 1.29 is 14.3 Å². The first kappa shape index (κ1) is 30.6. The van der Waals surface area contributed by atoms with Crippen LogP contribution in [0.5, 0.6) is 5.75 Å². The van der Waals surface area contributed by atoms with E-state index in [0.717, 1.165) is 42.8 Å². The molecule has 1 aliphatic carbocycles. The summed E-state index contributed by atoms with van der Waals surface area (Å²) in [5.41, 5.74) is 3.34. The van der Waals surface area contributed by atoms with Gasteiger partial charge in [-0.15, -0.1) is 0 Å². The van der Waals surface area contributed by atoms with Crippen molar-refractivity contribution in [1.82, 2.24) is 0 Å². The second-order valence-electron chi connectivity index (χ2n) is 10.4. The Kier molecular flexibility index (Phi) is 15.4. The summed E-state index contributed by atoms with van der Waals surface area (Å²) in [4.78, 5) is 12.0. The number of hydrogen-bond acceptors (Lipinski definition) is 4. The van der Waals surface area contributed by atoms with Gasteiger partial charge in [0.1, 0.15) is 11.5 Å². The van der Waals surface area contributed by atoms with E-state index >= 15 is 0 Å². The fourth-order valence-corrected chi connectivity index (χ4v) is 4.19. The highest BCUT2D eigenvalue weighted by Crippen LogP contribution is 2.22. The Hall–Kier alpha value is -2.62. The molecular weight excluding hydrogens is 458 g/mol. The van der Waals surface area contributed by atoms with Gasteiger partial charge in [-0.05, 0) is 47.6 Å². The predicted octanol–water partition coefficient (Wildman–Crippen LogP) is 9.26. The van der Waals surface area contributed by atoms with Gasteiger partial charge in [0.05, 0.1) is 13.2 Å². The van der Waals surface area contributed by atoms with E-state index in [0.29, 0.717) is 18.9 Å². The van der Waals surface area contributed by atoms with Gasteiger partial charge in [-0.3, -0.25) is 5.41 Å². The number of ether oxygens (including phenoxy) is 2. The zero-order chi connectivity index (χ0) is 26.7. The van der Waals surface area contributed by atoms with Crippen molar-refractivity contribution in [3.8, 4) is 5.75 Å². The number of carbonyl (C=O) groups is 1. The Morgan fingerprint density at radius 1 is 0.946 bits per heavy atom. The first-order valence-electron chi connectivity index (χ1n) is 14.6. The fraction of sp³-hybridized carbons (Fsp3) is 0.576. The number of nitrogens with one attached hydrogen (secondary N) is 1. The molecule has 0 amide bonds. The molecule has 37 heavy (non-hydrogen) atoms. The normalized spacial score (nSPS) is 14.9. The molecule has 1 aliphatic rings. The Labute approximate surface area is 225 Å². The quantitative estimate of drug-likeness (QED) is 0.115. The summed E-state index contributed by atoms with van der Waals surface area (Å²) in [6, 6.07) is 8.28. The molecule has 0 radical (unpaired) electrons. The van der Waals surface area contributed by atoms with Gasteiger partial charge in [-0.2, -0.15) is 0 Å². The van der Waals surface area contributed by atoms with E-state index in [9.17, 15) is 4.79 Å². The topological polar surface area (TPSA) is 59.4 Å². The standard InChI is InChI=1S/C33H49NO3/c1-4-6-7-8-9-10-11-12-13-14-23-36-31-21-19-29(20-22-31)24-28-15-17-30(18-16-28)25-32(34)33(35)37-26-27(3)5-2/h15,17-22,24,27,34H,4-14,16,23,25-26H2,1-3H3. The van der Waals surface area contributed by atoms with Crippen molar-refractivity contribution in [1.29, 1.82) is 5.41 Å². The minimum Gasteiger partial charge on any atom is -0.494 e. The van der Waals surface area contributed by atoms with E-state index < -0.39 is 5.97 Å². The number of esters is 1. The Morgan fingerprint density at radius 3 is 2.19 bits per heavy atom. The van der Waals surface area contributed by atoms with Gasteiger partial charge < -0.3 is 9.47 Å². The van der Waals surface area contributed by atoms with E-state index in [-0.39, 0.29) is 5.71 Å². The first-order valence-corrected chi connectivity index (χ1v) is 14.6. The van der Waals surface area contributed by atoms with E-state index in [1.165, 1.54) is 63.4 Å². The Morgan fingerprint density at radius 2 is 1.59 bits per heavy atom. The molecule has 1 unspecified atom stereocenters. The largest absolute Gasteiger partial charge is 0.494 e. The SMILES string of the molecule is CCCCCCCCCCCCOc1ccc(C=C2C=CC(CC(=N)C(=O)OCC(C)CC)=CC2)cc1. The number of rotatable bonds is 19. The molecule has 1 atom stereocenters. The van der Waals surface area contributed by atoms with Crippen LogP contribution in [0.3, 0.4) is 0 Å². The molecule has 4 nitrogen and oxygen atoms in total. The van der Waals surface area contributed by atoms with Gasteiger partial charge in [-0.25, -0.2) is 4.79 Å². The summed E-state index contributed by atoms with van der Waals surface area (Å²) in [5, 5.41) is 8.03. The minimum atomic E-state index is -0.508. The monoisotopic (exact) mass is 507 g/mol. The number of allylic oxidation sites excluding steroid dienone is 5. The first-order chi connectivity index (χ1) is 18.0. The van der Waals surface area contributed by atoms with Gasteiger partial charge in [0, 0.05) is 6.42 Å². The molecule has 0 aromatic heterocycles. The smallest absolute Gasteiger partial charge is 0.352 e. The van der Waals surface area contributed by atoms with Gasteiger partial charge in [0.25, 0.3) is 0 Å². The van der Waals surface area contributed by atoms with Crippen LogP contribution in [-0.4, -0.2) is 24.9 Å². The van der Waals surface area contributed by atoms with E-state index in [1.807, 2.05) is 25.1 Å². The number of carbonyl (C=O) groups excluding carboxylic acids is 1. The summed E-state index contributed by atoms with van der Waals surface area (Å²) < 4.78 is 11.2. The van der Waals surface area contributed by atoms with Crippen LogP contribution in [0.2, 0.25) is 0 Å². The third-order valence-electron chi connectivity index (χ3n) is 6.93. The van der Waals surface area contributed by atoms with E-state index in [1.54, 1.807) is 0 Å². The van der Waals surface area contributed by atoms with E-state index in [2.05, 4.69) is 44.2 Å². The molecule has 0 fully saturated rings. The third-order valence-corrected chi connectivity index (χ3v) is 6.93. The highest BCUT2D eigenvalue weighted by atomic mass is 16.5. The van der Waals surface area contributed by atoms with Gasteiger partial charge >= 0.3 is 5.97 Å². The lowest BCUT2D eigenvalue weighted by Crippen LogP contribution is -2.20. The summed E-state index contributed by atoms with van der Waals surface area (Å²) in [6.45, 7) is 7.53. The summed E-state index contributed by atoms with van der Waals surface area (Å²) in [5.74, 6) is 0.744. The number of hydrogen-bond donors (Lipinski definition) is 1. The molecule has 2 rings (SSSR count). The molecular formula is C33H49NO3. The average molecular weight is 508 g/mol. The van der Waals surface area contributed by atoms with Crippen molar-refractivity contribution in [2.45, 2.75) is 104 Å². The number of benzene rings is 1. The van der Waals surface area contributed by atoms with Crippen LogP contribution in [0, 0.1) is 11.3 Å². The lowest BCUT2D eigenvalue weighted by atomic mass is 9.97. The zero-order valence-corrected chi connectivity index (χ0v) is 23.5. The molecule has 0 saturated carbocycles. The molecule has 0 heterocycles. The second kappa shape index (κ2) is 18.6. The van der Waals surface area contributed by atoms with Crippen LogP contribution in [0.1, 0.15) is 110 Å². The van der Waals surface area contributed by atoms with Crippen molar-refractivity contribution >= 4 is 17.8 Å². The molecule has 4 heteroatoms. The van der Waals surface area contributed by atoms with Crippen molar-refractivity contribution in [3.05, 3.63) is 59.2 Å². The molecule has 0 aliphatic heterocycles. The van der Waals surface area contributed by atoms with Crippen LogP contribution in [0.25, 0.3) is 6.08 Å².